The number of rotatable bonds is 0. The van der Waals surface area contributed by atoms with E-state index < -0.39 is 17.6 Å². The Labute approximate surface area is 69.2 Å². The molecule has 12 heavy (non-hydrogen) atoms. The Kier molecular flexibility index (Phi) is 1.35. The van der Waals surface area contributed by atoms with Crippen LogP contribution in [0.1, 0.15) is 22.0 Å². The van der Waals surface area contributed by atoms with Crippen molar-refractivity contribution in [2.75, 3.05) is 0 Å². The van der Waals surface area contributed by atoms with Crippen molar-refractivity contribution in [1.82, 2.24) is 0 Å². The summed E-state index contributed by atoms with van der Waals surface area (Å²) in [6.45, 7) is 0. The third-order valence-electron chi connectivity index (χ3n) is 2.05. The number of hydrogen-bond donors (Lipinski definition) is 1. The number of Topliss-reactive ketones (excluding diaryl/α,β-unsaturated/α-hetero) is 2. The second-order valence-corrected chi connectivity index (χ2v) is 2.76. The highest BCUT2D eigenvalue weighted by Gasteiger charge is 2.34. The van der Waals surface area contributed by atoms with Gasteiger partial charge in [-0.3, -0.25) is 9.59 Å². The van der Waals surface area contributed by atoms with Gasteiger partial charge >= 0.3 is 0 Å². The number of benzene rings is 1. The van der Waals surface area contributed by atoms with E-state index in [-0.39, 0.29) is 0 Å². The van der Waals surface area contributed by atoms with Gasteiger partial charge < -0.3 is 5.73 Å². The topological polar surface area (TPSA) is 60.2 Å². The van der Waals surface area contributed by atoms with E-state index in [0.717, 1.165) is 0 Å². The molecule has 1 atom stereocenters. The zero-order valence-corrected chi connectivity index (χ0v) is 6.28. The monoisotopic (exact) mass is 161 g/mol. The molecular weight excluding hydrogens is 154 g/mol. The number of nitrogens with two attached hydrogens (primary N) is 1. The normalized spacial score (nSPS) is 21.2. The fourth-order valence-corrected chi connectivity index (χ4v) is 1.39. The number of hydrogen-bond acceptors (Lipinski definition) is 3. The maximum Gasteiger partial charge on any atom is 0.230 e. The van der Waals surface area contributed by atoms with Crippen molar-refractivity contribution in [2.24, 2.45) is 5.73 Å². The van der Waals surface area contributed by atoms with Crippen LogP contribution in [0.3, 0.4) is 0 Å². The van der Waals surface area contributed by atoms with Gasteiger partial charge in [-0.15, -0.1) is 0 Å². The molecule has 3 heteroatoms. The van der Waals surface area contributed by atoms with E-state index >= 15 is 0 Å². The molecule has 2 rings (SSSR count). The van der Waals surface area contributed by atoms with Gasteiger partial charge in [-0.2, -0.15) is 0 Å². The molecule has 0 spiro atoms. The van der Waals surface area contributed by atoms with E-state index in [2.05, 4.69) is 0 Å². The van der Waals surface area contributed by atoms with Crippen molar-refractivity contribution in [1.29, 1.82) is 0 Å². The molecule has 0 bridgehead atoms. The summed E-state index contributed by atoms with van der Waals surface area (Å²) in [5.74, 6) is -0.964. The van der Waals surface area contributed by atoms with Crippen LogP contribution in [-0.2, 0) is 4.79 Å². The first-order valence-electron chi connectivity index (χ1n) is 3.65. The summed E-state index contributed by atoms with van der Waals surface area (Å²) in [7, 11) is 0. The molecule has 0 heterocycles. The molecule has 0 saturated carbocycles. The zero-order valence-electron chi connectivity index (χ0n) is 6.28. The van der Waals surface area contributed by atoms with Gasteiger partial charge in [-0.1, -0.05) is 24.3 Å². The molecule has 0 amide bonds. The van der Waals surface area contributed by atoms with Crippen molar-refractivity contribution in [3.63, 3.8) is 0 Å². The molecule has 1 aliphatic carbocycles. The molecule has 1 unspecified atom stereocenters. The highest BCUT2D eigenvalue weighted by molar-refractivity contribution is 6.48. The number of fused-ring (bicyclic) bond motifs is 1. The maximum absolute atomic E-state index is 11.2. The van der Waals surface area contributed by atoms with Gasteiger partial charge in [0.15, 0.2) is 0 Å². The molecule has 3 nitrogen and oxygen atoms in total. The minimum atomic E-state index is -0.742. The van der Waals surface area contributed by atoms with E-state index in [1.165, 1.54) is 0 Å². The first-order chi connectivity index (χ1) is 5.72. The SMILES string of the molecule is NC1C(=O)C(=O)c2ccccc21. The molecule has 0 aliphatic heterocycles. The lowest BCUT2D eigenvalue weighted by molar-refractivity contribution is -0.115. The van der Waals surface area contributed by atoms with Gasteiger partial charge in [-0.25, -0.2) is 0 Å². The van der Waals surface area contributed by atoms with E-state index in [1.54, 1.807) is 24.3 Å². The lowest BCUT2D eigenvalue weighted by Gasteiger charge is -1.98. The Morgan fingerprint density at radius 1 is 1.17 bits per heavy atom. The van der Waals surface area contributed by atoms with Crippen LogP contribution in [0.2, 0.25) is 0 Å². The second-order valence-electron chi connectivity index (χ2n) is 2.76. The molecule has 2 N–H and O–H groups in total. The predicted octanol–water partition coefficient (Wildman–Crippen LogP) is 0.452. The third kappa shape index (κ3) is 0.740. The number of carbonyl (C=O) groups is 2. The molecule has 60 valence electrons. The molecule has 0 radical (unpaired) electrons. The third-order valence-corrected chi connectivity index (χ3v) is 2.05. The van der Waals surface area contributed by atoms with Crippen LogP contribution in [0.4, 0.5) is 0 Å². The molecule has 0 fully saturated rings. The van der Waals surface area contributed by atoms with Crippen molar-refractivity contribution in [3.05, 3.63) is 35.4 Å². The van der Waals surface area contributed by atoms with Gasteiger partial charge in [0.25, 0.3) is 0 Å². The average molecular weight is 161 g/mol. The van der Waals surface area contributed by atoms with Crippen LogP contribution in [0.25, 0.3) is 0 Å². The van der Waals surface area contributed by atoms with Crippen molar-refractivity contribution in [2.45, 2.75) is 6.04 Å². The lowest BCUT2D eigenvalue weighted by atomic mass is 10.1. The van der Waals surface area contributed by atoms with E-state index in [1.807, 2.05) is 0 Å². The van der Waals surface area contributed by atoms with E-state index in [9.17, 15) is 9.59 Å². The summed E-state index contributed by atoms with van der Waals surface area (Å²) in [6.07, 6.45) is 0. The largest absolute Gasteiger partial charge is 0.317 e. The Hall–Kier alpha value is -1.48. The van der Waals surface area contributed by atoms with Crippen molar-refractivity contribution in [3.8, 4) is 0 Å². The van der Waals surface area contributed by atoms with Crippen LogP contribution in [-0.4, -0.2) is 11.6 Å². The summed E-state index contributed by atoms with van der Waals surface area (Å²) in [5, 5.41) is 0. The Balaban J connectivity index is 2.67. The van der Waals surface area contributed by atoms with Crippen LogP contribution in [0.5, 0.6) is 0 Å². The van der Waals surface area contributed by atoms with Gasteiger partial charge in [0.2, 0.25) is 11.6 Å². The molecule has 0 aromatic heterocycles. The fourth-order valence-electron chi connectivity index (χ4n) is 1.39. The van der Waals surface area contributed by atoms with E-state index in [4.69, 9.17) is 5.73 Å². The maximum atomic E-state index is 11.2. The van der Waals surface area contributed by atoms with Crippen LogP contribution in [0, 0.1) is 0 Å². The van der Waals surface area contributed by atoms with Crippen molar-refractivity contribution < 1.29 is 9.59 Å². The predicted molar refractivity (Wildman–Crippen MR) is 42.7 cm³/mol. The minimum Gasteiger partial charge on any atom is -0.317 e. The zero-order chi connectivity index (χ0) is 8.72. The van der Waals surface area contributed by atoms with Gasteiger partial charge in [0.1, 0.15) is 0 Å². The smallest absolute Gasteiger partial charge is 0.230 e. The number of carbonyl (C=O) groups excluding carboxylic acids is 2. The highest BCUT2D eigenvalue weighted by atomic mass is 16.2. The van der Waals surface area contributed by atoms with Crippen molar-refractivity contribution >= 4 is 11.6 Å². The van der Waals surface area contributed by atoms with Crippen LogP contribution >= 0.6 is 0 Å². The molecule has 0 saturated heterocycles. The molecule has 1 aliphatic rings. The van der Waals surface area contributed by atoms with Crippen LogP contribution in [0.15, 0.2) is 24.3 Å². The summed E-state index contributed by atoms with van der Waals surface area (Å²) >= 11 is 0. The van der Waals surface area contributed by atoms with E-state index in [0.29, 0.717) is 11.1 Å². The summed E-state index contributed by atoms with van der Waals surface area (Å²) in [5.41, 5.74) is 6.61. The Morgan fingerprint density at radius 3 is 2.50 bits per heavy atom. The minimum absolute atomic E-state index is 0.454. The van der Waals surface area contributed by atoms with Gasteiger partial charge in [0, 0.05) is 5.56 Å². The van der Waals surface area contributed by atoms with Gasteiger partial charge in [-0.05, 0) is 5.56 Å². The average Bonchev–Trinajstić information content (AvgIpc) is 2.33. The summed E-state index contributed by atoms with van der Waals surface area (Å²) in [4.78, 5) is 22.3. The highest BCUT2D eigenvalue weighted by Crippen LogP contribution is 2.25. The van der Waals surface area contributed by atoms with Crippen LogP contribution < -0.4 is 5.73 Å². The molecular formula is C9H7NO2. The molecule has 1 aromatic carbocycles. The first-order valence-corrected chi connectivity index (χ1v) is 3.65. The standard InChI is InChI=1S/C9H7NO2/c10-7-5-3-1-2-4-6(5)8(11)9(7)12/h1-4,7H,10H2. The second kappa shape index (κ2) is 2.25. The Morgan fingerprint density at radius 2 is 1.83 bits per heavy atom. The summed E-state index contributed by atoms with van der Waals surface area (Å²) < 4.78 is 0. The fraction of sp³-hybridized carbons (Fsp3) is 0.111. The molecule has 1 aromatic rings. The lowest BCUT2D eigenvalue weighted by Crippen LogP contribution is -2.19. The first kappa shape index (κ1) is 7.18. The van der Waals surface area contributed by atoms with Gasteiger partial charge in [0.05, 0.1) is 6.04 Å². The number of ketones is 2. The summed E-state index contributed by atoms with van der Waals surface area (Å²) in [6, 6.07) is 6.09. The Bertz CT molecular complexity index is 371. The quantitative estimate of drug-likeness (QED) is 0.562.